The molecule has 3 aromatic rings. The van der Waals surface area contributed by atoms with Crippen LogP contribution in [0.15, 0.2) is 60.7 Å². The first-order valence-electron chi connectivity index (χ1n) is 13.5. The van der Waals surface area contributed by atoms with Crippen LogP contribution in [0, 0.1) is 23.7 Å². The number of ether oxygens (including phenoxy) is 1. The van der Waals surface area contributed by atoms with Crippen molar-refractivity contribution in [2.75, 3.05) is 6.54 Å². The van der Waals surface area contributed by atoms with Crippen molar-refractivity contribution in [2.24, 2.45) is 23.7 Å². The number of Topliss-reactive ketones (excluding diaryl/α,β-unsaturated/α-hetero) is 1. The summed E-state index contributed by atoms with van der Waals surface area (Å²) in [6.07, 6.45) is 2.53. The van der Waals surface area contributed by atoms with Gasteiger partial charge in [0.15, 0.2) is 5.78 Å². The van der Waals surface area contributed by atoms with Crippen LogP contribution in [0.3, 0.4) is 0 Å². The molecule has 1 heterocycles. The number of hydrazine groups is 1. The summed E-state index contributed by atoms with van der Waals surface area (Å²) in [6, 6.07) is 14.2. The minimum atomic E-state index is -0.783. The van der Waals surface area contributed by atoms with Gasteiger partial charge in [-0.15, -0.1) is 0 Å². The van der Waals surface area contributed by atoms with Crippen molar-refractivity contribution in [3.63, 3.8) is 0 Å². The molecule has 0 spiro atoms. The van der Waals surface area contributed by atoms with E-state index in [9.17, 15) is 24.0 Å². The lowest BCUT2D eigenvalue weighted by Gasteiger charge is -2.31. The zero-order valence-corrected chi connectivity index (χ0v) is 25.3. The lowest BCUT2D eigenvalue weighted by Crippen LogP contribution is -2.52. The molecule has 4 atom stereocenters. The second kappa shape index (κ2) is 11.6. The van der Waals surface area contributed by atoms with Crippen molar-refractivity contribution in [1.82, 2.24) is 10.0 Å². The van der Waals surface area contributed by atoms with Crippen molar-refractivity contribution in [3.05, 3.63) is 97.4 Å². The highest BCUT2D eigenvalue weighted by Gasteiger charge is 2.62. The number of amides is 3. The van der Waals surface area contributed by atoms with Crippen molar-refractivity contribution >= 4 is 75.9 Å². The van der Waals surface area contributed by atoms with Gasteiger partial charge in [0, 0.05) is 15.6 Å². The smallest absolute Gasteiger partial charge is 0.345 e. The van der Waals surface area contributed by atoms with Crippen LogP contribution in [0.5, 0.6) is 5.75 Å². The summed E-state index contributed by atoms with van der Waals surface area (Å²) in [5.74, 6) is -3.70. The summed E-state index contributed by atoms with van der Waals surface area (Å²) in [7, 11) is 0. The third-order valence-corrected chi connectivity index (χ3v) is 9.47. The van der Waals surface area contributed by atoms with Gasteiger partial charge in [0.05, 0.1) is 33.0 Å². The first-order valence-corrected chi connectivity index (χ1v) is 15.0. The van der Waals surface area contributed by atoms with Crippen molar-refractivity contribution in [3.8, 4) is 5.75 Å². The van der Waals surface area contributed by atoms with E-state index < -0.39 is 47.9 Å². The highest BCUT2D eigenvalue weighted by Crippen LogP contribution is 2.56. The second-order valence-electron chi connectivity index (χ2n) is 10.8. The summed E-state index contributed by atoms with van der Waals surface area (Å²) in [5, 5.41) is 2.53. The number of imide groups is 1. The normalized spacial score (nSPS) is 22.1. The average Bonchev–Trinajstić information content (AvgIpc) is 3.65. The summed E-state index contributed by atoms with van der Waals surface area (Å²) in [4.78, 5) is 67.1. The summed E-state index contributed by atoms with van der Waals surface area (Å²) >= 11 is 24.3. The average molecular weight is 660 g/mol. The molecule has 0 N–H and O–H groups in total. The molecular weight excluding hydrogens is 638 g/mol. The maximum absolute atomic E-state index is 13.8. The molecule has 3 aliphatic rings. The fourth-order valence-corrected chi connectivity index (χ4v) is 7.39. The molecule has 12 heteroatoms. The summed E-state index contributed by atoms with van der Waals surface area (Å²) in [6.45, 7) is -0.608. The Bertz CT molecular complexity index is 1670. The number of rotatable bonds is 7. The van der Waals surface area contributed by atoms with E-state index in [4.69, 9.17) is 51.1 Å². The van der Waals surface area contributed by atoms with E-state index in [1.54, 1.807) is 0 Å². The van der Waals surface area contributed by atoms with Gasteiger partial charge in [0.2, 0.25) is 0 Å². The number of benzene rings is 3. The van der Waals surface area contributed by atoms with Gasteiger partial charge in [-0.1, -0.05) is 46.4 Å². The largest absolute Gasteiger partial charge is 0.423 e. The first kappa shape index (κ1) is 29.6. The maximum Gasteiger partial charge on any atom is 0.345 e. The Morgan fingerprint density at radius 2 is 1.30 bits per heavy atom. The van der Waals surface area contributed by atoms with Crippen LogP contribution in [0.25, 0.3) is 0 Å². The number of carbonyl (C=O) groups excluding carboxylic acids is 5. The predicted molar refractivity (Wildman–Crippen MR) is 159 cm³/mol. The van der Waals surface area contributed by atoms with Gasteiger partial charge in [-0.25, -0.2) is 9.80 Å². The van der Waals surface area contributed by atoms with E-state index in [1.165, 1.54) is 60.7 Å². The van der Waals surface area contributed by atoms with Gasteiger partial charge in [0.25, 0.3) is 17.7 Å². The van der Waals surface area contributed by atoms with Crippen LogP contribution in [0.2, 0.25) is 20.1 Å². The van der Waals surface area contributed by atoms with E-state index in [2.05, 4.69) is 0 Å². The van der Waals surface area contributed by atoms with Crippen LogP contribution in [0.1, 0.15) is 50.3 Å². The SMILES string of the molecule is O=C(CN(C(=O)c1ccc(Cl)cc1Cl)N1C(=O)[C@@H]2[C@H]3CC[C@@H](C3)[C@@H]2C1=O)c1ccc(OC(=O)c2ccc(Cl)cc2Cl)cc1. The van der Waals surface area contributed by atoms with Gasteiger partial charge in [-0.05, 0) is 91.8 Å². The summed E-state index contributed by atoms with van der Waals surface area (Å²) < 4.78 is 5.37. The fraction of sp³-hybridized carbons (Fsp3) is 0.258. The van der Waals surface area contributed by atoms with E-state index in [-0.39, 0.29) is 44.3 Å². The molecule has 6 rings (SSSR count). The van der Waals surface area contributed by atoms with Crippen molar-refractivity contribution in [2.45, 2.75) is 19.3 Å². The Morgan fingerprint density at radius 1 is 0.767 bits per heavy atom. The van der Waals surface area contributed by atoms with E-state index >= 15 is 0 Å². The van der Waals surface area contributed by atoms with Crippen LogP contribution in [0.4, 0.5) is 0 Å². The molecule has 3 fully saturated rings. The highest BCUT2D eigenvalue weighted by molar-refractivity contribution is 6.37. The van der Waals surface area contributed by atoms with Gasteiger partial charge >= 0.3 is 5.97 Å². The fourth-order valence-electron chi connectivity index (χ4n) is 6.42. The molecule has 0 radical (unpaired) electrons. The molecule has 1 aliphatic heterocycles. The van der Waals surface area contributed by atoms with Gasteiger partial charge in [-0.3, -0.25) is 19.2 Å². The highest BCUT2D eigenvalue weighted by atomic mass is 35.5. The van der Waals surface area contributed by atoms with Gasteiger partial charge in [0.1, 0.15) is 12.3 Å². The molecule has 1 saturated heterocycles. The number of esters is 1. The molecule has 0 unspecified atom stereocenters. The molecule has 2 saturated carbocycles. The molecular formula is C31H22Cl4N2O6. The first-order chi connectivity index (χ1) is 20.5. The molecule has 43 heavy (non-hydrogen) atoms. The predicted octanol–water partition coefficient (Wildman–Crippen LogP) is 6.79. The number of ketones is 1. The van der Waals surface area contributed by atoms with Gasteiger partial charge < -0.3 is 4.74 Å². The topological polar surface area (TPSA) is 101 Å². The van der Waals surface area contributed by atoms with Crippen molar-refractivity contribution in [1.29, 1.82) is 0 Å². The number of hydrogen-bond acceptors (Lipinski definition) is 6. The second-order valence-corrected chi connectivity index (χ2v) is 12.5. The molecule has 2 aliphatic carbocycles. The Hall–Kier alpha value is -3.43. The zero-order chi connectivity index (χ0) is 30.6. The van der Waals surface area contributed by atoms with E-state index in [1.807, 2.05) is 0 Å². The number of nitrogens with zero attached hydrogens (tertiary/aromatic N) is 2. The number of fused-ring (bicyclic) bond motifs is 5. The third-order valence-electron chi connectivity index (χ3n) is 8.37. The van der Waals surface area contributed by atoms with Crippen LogP contribution >= 0.6 is 46.4 Å². The third kappa shape index (κ3) is 5.42. The van der Waals surface area contributed by atoms with Gasteiger partial charge in [-0.2, -0.15) is 5.01 Å². The Labute approximate surface area is 266 Å². The van der Waals surface area contributed by atoms with Crippen molar-refractivity contribution < 1.29 is 28.7 Å². The molecule has 2 bridgehead atoms. The monoisotopic (exact) mass is 658 g/mol. The van der Waals surface area contributed by atoms with E-state index in [0.29, 0.717) is 10.0 Å². The Morgan fingerprint density at radius 3 is 1.84 bits per heavy atom. The molecule has 3 amide bonds. The number of carbonyl (C=O) groups is 5. The van der Waals surface area contributed by atoms with Crippen LogP contribution < -0.4 is 4.74 Å². The number of halogens is 4. The van der Waals surface area contributed by atoms with Crippen LogP contribution in [-0.4, -0.2) is 46.0 Å². The quantitative estimate of drug-likeness (QED) is 0.120. The molecule has 8 nitrogen and oxygen atoms in total. The molecule has 220 valence electrons. The van der Waals surface area contributed by atoms with Crippen LogP contribution in [-0.2, 0) is 9.59 Å². The number of hydrogen-bond donors (Lipinski definition) is 0. The minimum Gasteiger partial charge on any atom is -0.423 e. The summed E-state index contributed by atoms with van der Waals surface area (Å²) in [5.41, 5.74) is 0.255. The standard InChI is InChI=1S/C31H22Cl4N2O6/c32-18-5-9-21(23(34)12-18)28(39)36(37-29(40)26-16-1-2-17(11-16)27(26)30(37)41)14-25(38)15-3-7-20(8-4-15)43-31(42)22-10-6-19(33)13-24(22)35/h3-10,12-13,16-17,26-27H,1-2,11,14H2/t16-,17-,26-,27+/m0/s1. The van der Waals surface area contributed by atoms with E-state index in [0.717, 1.165) is 29.3 Å². The lowest BCUT2D eigenvalue weighted by molar-refractivity contribution is -0.155. The lowest BCUT2D eigenvalue weighted by atomic mass is 9.81. The maximum atomic E-state index is 13.8. The Kier molecular flexibility index (Phi) is 7.98. The molecule has 3 aromatic carbocycles. The minimum absolute atomic E-state index is 0.0115. The Balaban J connectivity index is 1.25. The zero-order valence-electron chi connectivity index (χ0n) is 22.3. The molecule has 0 aromatic heterocycles.